The summed E-state index contributed by atoms with van der Waals surface area (Å²) in [6, 6.07) is 4.08. The van der Waals surface area contributed by atoms with Crippen LogP contribution in [0.1, 0.15) is 56.2 Å². The molecular weight excluding hydrogens is 223 g/mol. The van der Waals surface area contributed by atoms with Crippen LogP contribution in [0.2, 0.25) is 0 Å². The average Bonchev–Trinajstić information content (AvgIpc) is 2.37. The second-order valence-electron chi connectivity index (χ2n) is 4.89. The van der Waals surface area contributed by atoms with Gasteiger partial charge in [0.15, 0.2) is 0 Å². The minimum absolute atomic E-state index is 0.0177. The van der Waals surface area contributed by atoms with Gasteiger partial charge in [-0.1, -0.05) is 44.1 Å². The van der Waals surface area contributed by atoms with Crippen molar-refractivity contribution >= 4 is 0 Å². The van der Waals surface area contributed by atoms with Crippen molar-refractivity contribution in [3.05, 3.63) is 46.8 Å². The molecule has 0 radical (unpaired) electrons. The number of hydrogen-bond donors (Lipinski definition) is 0. The average molecular weight is 248 g/mol. The van der Waals surface area contributed by atoms with Gasteiger partial charge in [-0.05, 0) is 56.2 Å². The molecule has 100 valence electrons. The van der Waals surface area contributed by atoms with Crippen molar-refractivity contribution in [2.24, 2.45) is 0 Å². The van der Waals surface area contributed by atoms with Gasteiger partial charge < -0.3 is 0 Å². The molecule has 0 spiro atoms. The fourth-order valence-corrected chi connectivity index (χ4v) is 2.22. The Bertz CT molecular complexity index is 391. The van der Waals surface area contributed by atoms with Crippen LogP contribution in [-0.2, 0) is 12.8 Å². The fourth-order valence-electron chi connectivity index (χ4n) is 2.22. The van der Waals surface area contributed by atoms with E-state index in [4.69, 9.17) is 0 Å². The topological polar surface area (TPSA) is 0 Å². The van der Waals surface area contributed by atoms with E-state index in [1.54, 1.807) is 0 Å². The van der Waals surface area contributed by atoms with E-state index in [1.807, 2.05) is 26.0 Å². The van der Waals surface area contributed by atoms with Gasteiger partial charge >= 0.3 is 0 Å². The Labute approximate surface area is 111 Å². The van der Waals surface area contributed by atoms with Crippen LogP contribution in [0.4, 0.5) is 4.39 Å². The smallest absolute Gasteiger partial charge is 0.129 e. The first kappa shape index (κ1) is 14.9. The van der Waals surface area contributed by atoms with Gasteiger partial charge in [0.2, 0.25) is 0 Å². The first-order chi connectivity index (χ1) is 8.70. The van der Waals surface area contributed by atoms with Crippen molar-refractivity contribution < 1.29 is 4.39 Å². The van der Waals surface area contributed by atoms with Crippen molar-refractivity contribution in [2.75, 3.05) is 0 Å². The Morgan fingerprint density at radius 1 is 1.11 bits per heavy atom. The number of rotatable bonds is 7. The Balaban J connectivity index is 2.71. The first-order valence-electron chi connectivity index (χ1n) is 7.08. The van der Waals surface area contributed by atoms with Gasteiger partial charge in [0.1, 0.15) is 5.82 Å². The summed E-state index contributed by atoms with van der Waals surface area (Å²) in [4.78, 5) is 0. The lowest BCUT2D eigenvalue weighted by molar-refractivity contribution is 0.587. The maximum absolute atomic E-state index is 14.2. The van der Waals surface area contributed by atoms with Crippen LogP contribution in [0, 0.1) is 12.7 Å². The molecule has 0 heterocycles. The molecule has 0 unspecified atom stereocenters. The number of allylic oxidation sites excluding steroid dienone is 2. The Morgan fingerprint density at radius 3 is 2.50 bits per heavy atom. The molecule has 1 aromatic rings. The molecule has 0 aromatic heterocycles. The maximum Gasteiger partial charge on any atom is 0.129 e. The molecule has 0 aliphatic carbocycles. The lowest BCUT2D eigenvalue weighted by Gasteiger charge is -2.10. The van der Waals surface area contributed by atoms with Crippen LogP contribution in [-0.4, -0.2) is 0 Å². The van der Waals surface area contributed by atoms with E-state index in [9.17, 15) is 4.39 Å². The van der Waals surface area contributed by atoms with E-state index in [1.165, 1.54) is 12.8 Å². The standard InChI is InChI=1S/C17H25F/c1-4-6-8-10-15-12-13-16(11-9-7-5-2)17(18)14(15)3/h4,6,12-13H,5,7-11H2,1-3H3/b6-4+. The fraction of sp³-hybridized carbons (Fsp3) is 0.529. The molecule has 1 aromatic carbocycles. The highest BCUT2D eigenvalue weighted by Gasteiger charge is 2.08. The Kier molecular flexibility index (Phi) is 6.70. The summed E-state index contributed by atoms with van der Waals surface area (Å²) >= 11 is 0. The van der Waals surface area contributed by atoms with Crippen LogP contribution in [0.5, 0.6) is 0 Å². The van der Waals surface area contributed by atoms with E-state index in [0.717, 1.165) is 42.4 Å². The SMILES string of the molecule is C/C=C/CCc1ccc(CCCCC)c(F)c1C. The summed E-state index contributed by atoms with van der Waals surface area (Å²) in [7, 11) is 0. The van der Waals surface area contributed by atoms with Crippen molar-refractivity contribution in [2.45, 2.75) is 59.3 Å². The highest BCUT2D eigenvalue weighted by molar-refractivity contribution is 5.33. The Morgan fingerprint density at radius 2 is 1.83 bits per heavy atom. The zero-order valence-electron chi connectivity index (χ0n) is 11.9. The summed E-state index contributed by atoms with van der Waals surface area (Å²) in [5, 5.41) is 0. The van der Waals surface area contributed by atoms with Crippen LogP contribution >= 0.6 is 0 Å². The molecule has 0 fully saturated rings. The molecule has 0 amide bonds. The third-order valence-corrected chi connectivity index (χ3v) is 3.44. The molecule has 0 bridgehead atoms. The zero-order chi connectivity index (χ0) is 13.4. The summed E-state index contributed by atoms with van der Waals surface area (Å²) in [5.74, 6) is 0.0177. The van der Waals surface area contributed by atoms with Crippen LogP contribution in [0.15, 0.2) is 24.3 Å². The molecule has 0 aliphatic rings. The van der Waals surface area contributed by atoms with Gasteiger partial charge in [-0.25, -0.2) is 4.39 Å². The quantitative estimate of drug-likeness (QED) is 0.449. The highest BCUT2D eigenvalue weighted by Crippen LogP contribution is 2.20. The normalized spacial score (nSPS) is 11.3. The molecule has 0 atom stereocenters. The van der Waals surface area contributed by atoms with Gasteiger partial charge in [-0.2, -0.15) is 0 Å². The van der Waals surface area contributed by atoms with Gasteiger partial charge in [0, 0.05) is 0 Å². The second-order valence-corrected chi connectivity index (χ2v) is 4.89. The van der Waals surface area contributed by atoms with Crippen molar-refractivity contribution in [3.63, 3.8) is 0 Å². The summed E-state index contributed by atoms with van der Waals surface area (Å²) in [6.45, 7) is 6.10. The molecule has 0 aliphatic heterocycles. The van der Waals surface area contributed by atoms with Crippen LogP contribution < -0.4 is 0 Å². The van der Waals surface area contributed by atoms with Crippen LogP contribution in [0.25, 0.3) is 0 Å². The van der Waals surface area contributed by atoms with Gasteiger partial charge in [-0.15, -0.1) is 0 Å². The Hall–Kier alpha value is -1.11. The molecule has 0 saturated carbocycles. The highest BCUT2D eigenvalue weighted by atomic mass is 19.1. The van der Waals surface area contributed by atoms with E-state index >= 15 is 0 Å². The summed E-state index contributed by atoms with van der Waals surface area (Å²) < 4.78 is 14.2. The van der Waals surface area contributed by atoms with Gasteiger partial charge in [-0.3, -0.25) is 0 Å². The largest absolute Gasteiger partial charge is 0.206 e. The van der Waals surface area contributed by atoms with Gasteiger partial charge in [0.05, 0.1) is 0 Å². The lowest BCUT2D eigenvalue weighted by Crippen LogP contribution is -1.99. The molecule has 1 rings (SSSR count). The first-order valence-corrected chi connectivity index (χ1v) is 7.08. The number of unbranched alkanes of at least 4 members (excludes halogenated alkanes) is 2. The van der Waals surface area contributed by atoms with E-state index in [-0.39, 0.29) is 5.82 Å². The van der Waals surface area contributed by atoms with Gasteiger partial charge in [0.25, 0.3) is 0 Å². The monoisotopic (exact) mass is 248 g/mol. The maximum atomic E-state index is 14.2. The second kappa shape index (κ2) is 8.07. The number of halogens is 1. The number of benzene rings is 1. The molecule has 0 N–H and O–H groups in total. The number of aryl methyl sites for hydroxylation is 2. The van der Waals surface area contributed by atoms with E-state index in [2.05, 4.69) is 19.1 Å². The predicted octanol–water partition coefficient (Wildman–Crippen LogP) is 5.38. The van der Waals surface area contributed by atoms with E-state index in [0.29, 0.717) is 0 Å². The minimum Gasteiger partial charge on any atom is -0.206 e. The predicted molar refractivity (Wildman–Crippen MR) is 77.5 cm³/mol. The lowest BCUT2D eigenvalue weighted by atomic mass is 9.97. The zero-order valence-corrected chi connectivity index (χ0v) is 11.9. The minimum atomic E-state index is 0.0177. The molecule has 0 nitrogen and oxygen atoms in total. The molecular formula is C17H25F. The third kappa shape index (κ3) is 4.29. The summed E-state index contributed by atoms with van der Waals surface area (Å²) in [5.41, 5.74) is 2.87. The molecule has 1 heteroatoms. The van der Waals surface area contributed by atoms with Crippen LogP contribution in [0.3, 0.4) is 0 Å². The summed E-state index contributed by atoms with van der Waals surface area (Å²) in [6.07, 6.45) is 10.4. The number of hydrogen-bond acceptors (Lipinski definition) is 0. The van der Waals surface area contributed by atoms with Crippen molar-refractivity contribution in [3.8, 4) is 0 Å². The molecule has 0 saturated heterocycles. The molecule has 18 heavy (non-hydrogen) atoms. The van der Waals surface area contributed by atoms with Crippen molar-refractivity contribution in [1.29, 1.82) is 0 Å². The van der Waals surface area contributed by atoms with E-state index < -0.39 is 0 Å². The third-order valence-electron chi connectivity index (χ3n) is 3.44. The van der Waals surface area contributed by atoms with Crippen molar-refractivity contribution in [1.82, 2.24) is 0 Å².